The molecule has 1 fully saturated rings. The third-order valence-electron chi connectivity index (χ3n) is 4.60. The quantitative estimate of drug-likeness (QED) is 0.835. The number of halogens is 2. The van der Waals surface area contributed by atoms with Crippen molar-refractivity contribution in [3.05, 3.63) is 34.6 Å². The molecule has 2 rings (SSSR count). The Morgan fingerprint density at radius 3 is 2.61 bits per heavy atom. The summed E-state index contributed by atoms with van der Waals surface area (Å²) in [7, 11) is 0. The molecular weight excluding hydrogens is 319 g/mol. The van der Waals surface area contributed by atoms with Crippen LogP contribution >= 0.6 is 11.6 Å². The van der Waals surface area contributed by atoms with E-state index in [0.29, 0.717) is 43.2 Å². The number of nitrogens with one attached hydrogen (secondary N) is 1. The Morgan fingerprint density at radius 1 is 1.43 bits per heavy atom. The second-order valence-electron chi connectivity index (χ2n) is 6.53. The number of carbonyl (C=O) groups excluding carboxylic acids is 1. The second kappa shape index (κ2) is 7.60. The lowest BCUT2D eigenvalue weighted by Crippen LogP contribution is -2.49. The lowest BCUT2D eigenvalue weighted by atomic mass is 9.79. The molecule has 0 radical (unpaired) electrons. The van der Waals surface area contributed by atoms with Crippen LogP contribution in [0.3, 0.4) is 0 Å². The fraction of sp³-hybridized carbons (Fsp3) is 0.588. The Kier molecular flexibility index (Phi) is 6.00. The van der Waals surface area contributed by atoms with Crippen LogP contribution in [0.5, 0.6) is 0 Å². The highest BCUT2D eigenvalue weighted by Crippen LogP contribution is 2.32. The van der Waals surface area contributed by atoms with E-state index in [1.54, 1.807) is 12.1 Å². The van der Waals surface area contributed by atoms with Crippen molar-refractivity contribution < 1.29 is 13.9 Å². The summed E-state index contributed by atoms with van der Waals surface area (Å²) in [5.74, 6) is -0.522. The van der Waals surface area contributed by atoms with Gasteiger partial charge in [-0.25, -0.2) is 4.39 Å². The Hall–Kier alpha value is -1.17. The van der Waals surface area contributed by atoms with Crippen molar-refractivity contribution in [1.82, 2.24) is 5.32 Å². The van der Waals surface area contributed by atoms with Gasteiger partial charge in [-0.2, -0.15) is 0 Å². The molecular formula is C17H24ClFN2O2. The number of primary amides is 1. The maximum Gasteiger partial charge on any atom is 0.225 e. The van der Waals surface area contributed by atoms with E-state index >= 15 is 0 Å². The maximum absolute atomic E-state index is 14.2. The number of hydrogen-bond acceptors (Lipinski definition) is 3. The summed E-state index contributed by atoms with van der Waals surface area (Å²) < 4.78 is 19.6. The molecule has 1 aliphatic heterocycles. The van der Waals surface area contributed by atoms with Gasteiger partial charge < -0.3 is 15.8 Å². The highest BCUT2D eigenvalue weighted by atomic mass is 35.5. The van der Waals surface area contributed by atoms with Crippen LogP contribution in [-0.4, -0.2) is 25.7 Å². The van der Waals surface area contributed by atoms with Crippen molar-refractivity contribution in [2.45, 2.75) is 32.7 Å². The Bertz CT molecular complexity index is 560. The average Bonchev–Trinajstić information content (AvgIpc) is 2.49. The molecule has 0 bridgehead atoms. The van der Waals surface area contributed by atoms with Crippen LogP contribution in [0.4, 0.5) is 4.39 Å². The number of carbonyl (C=O) groups is 1. The van der Waals surface area contributed by atoms with Gasteiger partial charge >= 0.3 is 0 Å². The van der Waals surface area contributed by atoms with E-state index < -0.39 is 5.41 Å². The van der Waals surface area contributed by atoms with Crippen molar-refractivity contribution in [3.63, 3.8) is 0 Å². The van der Waals surface area contributed by atoms with Gasteiger partial charge in [0.2, 0.25) is 5.91 Å². The van der Waals surface area contributed by atoms with Crippen LogP contribution in [0.25, 0.3) is 0 Å². The highest BCUT2D eigenvalue weighted by Gasteiger charge is 2.39. The van der Waals surface area contributed by atoms with Gasteiger partial charge in [-0.1, -0.05) is 31.5 Å². The Morgan fingerprint density at radius 2 is 2.09 bits per heavy atom. The lowest BCUT2D eigenvalue weighted by molar-refractivity contribution is -0.133. The molecule has 4 nitrogen and oxygen atoms in total. The smallest absolute Gasteiger partial charge is 0.225 e. The van der Waals surface area contributed by atoms with Crippen LogP contribution in [0, 0.1) is 17.2 Å². The predicted molar refractivity (Wildman–Crippen MR) is 88.7 cm³/mol. The zero-order chi connectivity index (χ0) is 17.0. The van der Waals surface area contributed by atoms with Crippen molar-refractivity contribution in [3.8, 4) is 0 Å². The molecule has 1 heterocycles. The number of rotatable bonds is 6. The number of amides is 1. The summed E-state index contributed by atoms with van der Waals surface area (Å²) in [6.45, 7) is 5.47. The number of nitrogens with two attached hydrogens (primary N) is 1. The second-order valence-corrected chi connectivity index (χ2v) is 6.96. The predicted octanol–water partition coefficient (Wildman–Crippen LogP) is 3.05. The molecule has 0 aliphatic carbocycles. The summed E-state index contributed by atoms with van der Waals surface area (Å²) in [4.78, 5) is 11.9. The monoisotopic (exact) mass is 342 g/mol. The summed E-state index contributed by atoms with van der Waals surface area (Å²) in [6.07, 6.45) is 1.17. The van der Waals surface area contributed by atoms with Crippen molar-refractivity contribution in [2.24, 2.45) is 17.1 Å². The van der Waals surface area contributed by atoms with Crippen LogP contribution in [0.2, 0.25) is 5.02 Å². The van der Waals surface area contributed by atoms with Crippen LogP contribution < -0.4 is 11.1 Å². The van der Waals surface area contributed by atoms with Gasteiger partial charge in [-0.3, -0.25) is 4.79 Å². The van der Waals surface area contributed by atoms with Gasteiger partial charge in [0.1, 0.15) is 5.82 Å². The van der Waals surface area contributed by atoms with Crippen molar-refractivity contribution in [2.75, 3.05) is 19.8 Å². The zero-order valence-corrected chi connectivity index (χ0v) is 14.3. The van der Waals surface area contributed by atoms with Crippen molar-refractivity contribution in [1.29, 1.82) is 0 Å². The molecule has 1 saturated heterocycles. The molecule has 23 heavy (non-hydrogen) atoms. The molecule has 1 unspecified atom stereocenters. The summed E-state index contributed by atoms with van der Waals surface area (Å²) in [5, 5.41) is 3.72. The van der Waals surface area contributed by atoms with Crippen LogP contribution in [0.15, 0.2) is 18.2 Å². The van der Waals surface area contributed by atoms with Gasteiger partial charge in [0.05, 0.1) is 5.41 Å². The number of ether oxygens (including phenoxy) is 1. The molecule has 1 aliphatic rings. The topological polar surface area (TPSA) is 64.3 Å². The molecule has 1 amide bonds. The first-order valence-corrected chi connectivity index (χ1v) is 8.29. The van der Waals surface area contributed by atoms with Crippen LogP contribution in [0.1, 0.15) is 38.3 Å². The molecule has 128 valence electrons. The third-order valence-corrected chi connectivity index (χ3v) is 4.83. The fourth-order valence-corrected chi connectivity index (χ4v) is 3.20. The molecule has 0 aromatic heterocycles. The SMILES string of the molecule is CC(C)C(NCC1(C(N)=O)CCOCC1)c1ccc(Cl)cc1F. The van der Waals surface area contributed by atoms with Gasteiger partial charge in [0, 0.05) is 36.4 Å². The lowest BCUT2D eigenvalue weighted by Gasteiger charge is -2.36. The zero-order valence-electron chi connectivity index (χ0n) is 13.6. The van der Waals surface area contributed by atoms with E-state index in [-0.39, 0.29) is 23.7 Å². The minimum absolute atomic E-state index is 0.149. The fourth-order valence-electron chi connectivity index (χ4n) is 3.04. The van der Waals surface area contributed by atoms with E-state index in [9.17, 15) is 9.18 Å². The Balaban J connectivity index is 2.17. The Labute approximate surface area is 141 Å². The van der Waals surface area contributed by atoms with Gasteiger partial charge in [-0.05, 0) is 30.9 Å². The van der Waals surface area contributed by atoms with Gasteiger partial charge in [0.25, 0.3) is 0 Å². The molecule has 0 saturated carbocycles. The molecule has 1 aromatic carbocycles. The summed E-state index contributed by atoms with van der Waals surface area (Å²) in [6, 6.07) is 4.46. The normalized spacial score (nSPS) is 18.8. The maximum atomic E-state index is 14.2. The van der Waals surface area contributed by atoms with E-state index in [1.807, 2.05) is 13.8 Å². The van der Waals surface area contributed by atoms with E-state index in [0.717, 1.165) is 0 Å². The van der Waals surface area contributed by atoms with Crippen LogP contribution in [-0.2, 0) is 9.53 Å². The molecule has 0 spiro atoms. The third kappa shape index (κ3) is 4.22. The van der Waals surface area contributed by atoms with E-state index in [1.165, 1.54) is 6.07 Å². The largest absolute Gasteiger partial charge is 0.381 e. The highest BCUT2D eigenvalue weighted by molar-refractivity contribution is 6.30. The minimum atomic E-state index is -0.631. The number of benzene rings is 1. The van der Waals surface area contributed by atoms with Gasteiger partial charge in [-0.15, -0.1) is 0 Å². The molecule has 1 aromatic rings. The first kappa shape index (κ1) is 18.2. The molecule has 6 heteroatoms. The molecule has 3 N–H and O–H groups in total. The van der Waals surface area contributed by atoms with Crippen molar-refractivity contribution >= 4 is 17.5 Å². The summed E-state index contributed by atoms with van der Waals surface area (Å²) >= 11 is 5.83. The van der Waals surface area contributed by atoms with E-state index in [2.05, 4.69) is 5.32 Å². The molecule has 1 atom stereocenters. The van der Waals surface area contributed by atoms with E-state index in [4.69, 9.17) is 22.1 Å². The van der Waals surface area contributed by atoms with Gasteiger partial charge in [0.15, 0.2) is 0 Å². The first-order chi connectivity index (χ1) is 10.9. The summed E-state index contributed by atoms with van der Waals surface area (Å²) in [5.41, 5.74) is 5.55. The standard InChI is InChI=1S/C17H24ClFN2O2/c1-11(2)15(13-4-3-12(18)9-14(13)19)21-10-17(16(20)22)5-7-23-8-6-17/h3-4,9,11,15,21H,5-8,10H2,1-2H3,(H2,20,22). The number of hydrogen-bond donors (Lipinski definition) is 2. The average molecular weight is 343 g/mol. The minimum Gasteiger partial charge on any atom is -0.381 e. The first-order valence-electron chi connectivity index (χ1n) is 7.92.